The summed E-state index contributed by atoms with van der Waals surface area (Å²) in [5.74, 6) is -0.389. The van der Waals surface area contributed by atoms with Crippen LogP contribution < -0.4 is 10.5 Å². The van der Waals surface area contributed by atoms with E-state index >= 15 is 0 Å². The van der Waals surface area contributed by atoms with Crippen molar-refractivity contribution in [3.63, 3.8) is 0 Å². The van der Waals surface area contributed by atoms with E-state index in [1.54, 1.807) is 6.92 Å². The molecule has 1 unspecified atom stereocenters. The zero-order valence-electron chi connectivity index (χ0n) is 7.55. The lowest BCUT2D eigenvalue weighted by atomic mass is 10.3. The van der Waals surface area contributed by atoms with Gasteiger partial charge in [-0.15, -0.1) is 0 Å². The van der Waals surface area contributed by atoms with Crippen LogP contribution in [0.4, 0.5) is 4.39 Å². The second-order valence-electron chi connectivity index (χ2n) is 2.79. The number of ether oxygens (including phenoxy) is 1. The van der Waals surface area contributed by atoms with Gasteiger partial charge in [-0.05, 0) is 19.1 Å². The van der Waals surface area contributed by atoms with E-state index in [4.69, 9.17) is 27.5 Å². The fraction of sp³-hybridized carbons (Fsp3) is 0.222. The molecule has 0 aromatic heterocycles. The molecule has 0 aliphatic heterocycles. The number of rotatable bonds is 3. The minimum Gasteiger partial charge on any atom is -0.481 e. The third-order valence-corrected chi connectivity index (χ3v) is 1.95. The number of halogens is 2. The summed E-state index contributed by atoms with van der Waals surface area (Å²) in [6.45, 7) is 1.59. The van der Waals surface area contributed by atoms with Crippen molar-refractivity contribution in [2.75, 3.05) is 0 Å². The Kier molecular flexibility index (Phi) is 3.30. The molecule has 0 saturated carbocycles. The third kappa shape index (κ3) is 2.60. The highest BCUT2D eigenvalue weighted by Crippen LogP contribution is 2.25. The zero-order chi connectivity index (χ0) is 10.7. The molecule has 1 aromatic carbocycles. The Labute approximate surface area is 86.1 Å². The number of hydrogen-bond donors (Lipinski definition) is 2. The molecule has 3 nitrogen and oxygen atoms in total. The third-order valence-electron chi connectivity index (χ3n) is 1.63. The van der Waals surface area contributed by atoms with Crippen LogP contribution in [0.2, 0.25) is 5.02 Å². The highest BCUT2D eigenvalue weighted by atomic mass is 35.5. The van der Waals surface area contributed by atoms with Gasteiger partial charge in [-0.25, -0.2) is 4.39 Å². The molecule has 0 amide bonds. The molecule has 5 heteroatoms. The van der Waals surface area contributed by atoms with E-state index in [9.17, 15) is 4.39 Å². The number of nitrogens with one attached hydrogen (secondary N) is 1. The molecule has 1 aromatic rings. The molecule has 0 heterocycles. The first-order valence-electron chi connectivity index (χ1n) is 3.96. The predicted molar refractivity (Wildman–Crippen MR) is 53.4 cm³/mol. The summed E-state index contributed by atoms with van der Waals surface area (Å²) in [4.78, 5) is 0. The molecule has 14 heavy (non-hydrogen) atoms. The van der Waals surface area contributed by atoms with Crippen molar-refractivity contribution in [3.05, 3.63) is 29.0 Å². The second kappa shape index (κ2) is 4.28. The SMILES string of the molecule is CC(Oc1cc(F)ccc1Cl)C(=N)N. The van der Waals surface area contributed by atoms with E-state index < -0.39 is 11.9 Å². The smallest absolute Gasteiger partial charge is 0.152 e. The van der Waals surface area contributed by atoms with Crippen LogP contribution in [0.1, 0.15) is 6.92 Å². The maximum absolute atomic E-state index is 12.8. The molecule has 0 radical (unpaired) electrons. The average molecular weight is 217 g/mol. The summed E-state index contributed by atoms with van der Waals surface area (Å²) >= 11 is 5.74. The van der Waals surface area contributed by atoms with Gasteiger partial charge in [0.15, 0.2) is 6.10 Å². The van der Waals surface area contributed by atoms with Crippen LogP contribution in [0.15, 0.2) is 18.2 Å². The van der Waals surface area contributed by atoms with Gasteiger partial charge in [0, 0.05) is 6.07 Å². The monoisotopic (exact) mass is 216 g/mol. The van der Waals surface area contributed by atoms with Crippen molar-refractivity contribution < 1.29 is 9.13 Å². The topological polar surface area (TPSA) is 59.1 Å². The molecule has 0 bridgehead atoms. The van der Waals surface area contributed by atoms with Gasteiger partial charge in [0.25, 0.3) is 0 Å². The predicted octanol–water partition coefficient (Wildman–Crippen LogP) is 2.18. The molecule has 0 spiro atoms. The minimum atomic E-state index is -0.616. The first-order chi connectivity index (χ1) is 6.50. The number of nitrogens with two attached hydrogens (primary N) is 1. The molecular formula is C9H10ClFN2O. The first-order valence-corrected chi connectivity index (χ1v) is 4.34. The fourth-order valence-corrected chi connectivity index (χ4v) is 0.984. The van der Waals surface area contributed by atoms with Crippen LogP contribution in [0.25, 0.3) is 0 Å². The largest absolute Gasteiger partial charge is 0.481 e. The quantitative estimate of drug-likeness (QED) is 0.601. The molecule has 1 rings (SSSR count). The van der Waals surface area contributed by atoms with Crippen molar-refractivity contribution in [1.29, 1.82) is 5.41 Å². The summed E-state index contributed by atoms with van der Waals surface area (Å²) in [7, 11) is 0. The van der Waals surface area contributed by atoms with E-state index in [2.05, 4.69) is 0 Å². The first kappa shape index (κ1) is 10.8. The molecule has 1 atom stereocenters. The van der Waals surface area contributed by atoms with Crippen molar-refractivity contribution in [1.82, 2.24) is 0 Å². The van der Waals surface area contributed by atoms with Gasteiger partial charge >= 0.3 is 0 Å². The molecule has 0 fully saturated rings. The highest BCUT2D eigenvalue weighted by Gasteiger charge is 2.10. The van der Waals surface area contributed by atoms with Crippen molar-refractivity contribution in [2.24, 2.45) is 5.73 Å². The van der Waals surface area contributed by atoms with Crippen LogP contribution in [-0.2, 0) is 0 Å². The Morgan fingerprint density at radius 3 is 2.86 bits per heavy atom. The van der Waals surface area contributed by atoms with Gasteiger partial charge in [-0.1, -0.05) is 11.6 Å². The van der Waals surface area contributed by atoms with Gasteiger partial charge < -0.3 is 10.5 Å². The van der Waals surface area contributed by atoms with Gasteiger partial charge in [-0.3, -0.25) is 5.41 Å². The van der Waals surface area contributed by atoms with Crippen LogP contribution in [0, 0.1) is 11.2 Å². The second-order valence-corrected chi connectivity index (χ2v) is 3.20. The Morgan fingerprint density at radius 2 is 2.29 bits per heavy atom. The lowest BCUT2D eigenvalue weighted by molar-refractivity contribution is 0.283. The summed E-state index contributed by atoms with van der Waals surface area (Å²) in [5, 5.41) is 7.38. The standard InChI is InChI=1S/C9H10ClFN2O/c1-5(9(12)13)14-8-4-6(11)2-3-7(8)10/h2-5H,1H3,(H3,12,13). The van der Waals surface area contributed by atoms with E-state index in [-0.39, 0.29) is 11.6 Å². The maximum atomic E-state index is 12.8. The highest BCUT2D eigenvalue weighted by molar-refractivity contribution is 6.32. The van der Waals surface area contributed by atoms with Crippen molar-refractivity contribution in [3.8, 4) is 5.75 Å². The van der Waals surface area contributed by atoms with Crippen LogP contribution in [0.3, 0.4) is 0 Å². The molecule has 3 N–H and O–H groups in total. The summed E-state index contributed by atoms with van der Waals surface area (Å²) in [6.07, 6.45) is -0.616. The molecule has 0 saturated heterocycles. The minimum absolute atomic E-state index is 0.134. The molecule has 76 valence electrons. The van der Waals surface area contributed by atoms with Gasteiger partial charge in [-0.2, -0.15) is 0 Å². The van der Waals surface area contributed by atoms with Gasteiger partial charge in [0.2, 0.25) is 0 Å². The lowest BCUT2D eigenvalue weighted by Gasteiger charge is -2.13. The van der Waals surface area contributed by atoms with E-state index in [0.29, 0.717) is 5.02 Å². The van der Waals surface area contributed by atoms with Gasteiger partial charge in [0.1, 0.15) is 17.4 Å². The van der Waals surface area contributed by atoms with Gasteiger partial charge in [0.05, 0.1) is 5.02 Å². The maximum Gasteiger partial charge on any atom is 0.152 e. The molecule has 0 aliphatic carbocycles. The normalized spacial score (nSPS) is 12.2. The molecule has 0 aliphatic rings. The van der Waals surface area contributed by atoms with E-state index in [0.717, 1.165) is 6.07 Å². The van der Waals surface area contributed by atoms with Crippen LogP contribution in [-0.4, -0.2) is 11.9 Å². The van der Waals surface area contributed by atoms with Crippen LogP contribution >= 0.6 is 11.6 Å². The van der Waals surface area contributed by atoms with Crippen LogP contribution in [0.5, 0.6) is 5.75 Å². The Morgan fingerprint density at radius 1 is 1.64 bits per heavy atom. The average Bonchev–Trinajstić information content (AvgIpc) is 2.11. The number of hydrogen-bond acceptors (Lipinski definition) is 2. The summed E-state index contributed by atoms with van der Waals surface area (Å²) in [5.41, 5.74) is 5.19. The summed E-state index contributed by atoms with van der Waals surface area (Å²) < 4.78 is 17.9. The Balaban J connectivity index is 2.85. The Bertz CT molecular complexity index is 357. The zero-order valence-corrected chi connectivity index (χ0v) is 8.31. The van der Waals surface area contributed by atoms with E-state index in [1.165, 1.54) is 12.1 Å². The molecular weight excluding hydrogens is 207 g/mol. The van der Waals surface area contributed by atoms with Crippen molar-refractivity contribution in [2.45, 2.75) is 13.0 Å². The number of benzene rings is 1. The fourth-order valence-electron chi connectivity index (χ4n) is 0.821. The lowest BCUT2D eigenvalue weighted by Crippen LogP contribution is -2.30. The van der Waals surface area contributed by atoms with Crippen molar-refractivity contribution >= 4 is 17.4 Å². The van der Waals surface area contributed by atoms with E-state index in [1.807, 2.05) is 0 Å². The number of amidine groups is 1. The summed E-state index contributed by atoms with van der Waals surface area (Å²) in [6, 6.07) is 3.77. The Hall–Kier alpha value is -1.29.